The van der Waals surface area contributed by atoms with Crippen molar-refractivity contribution < 1.29 is 13.2 Å². The van der Waals surface area contributed by atoms with Gasteiger partial charge in [-0.05, 0) is 39.2 Å². The molecule has 3 nitrogen and oxygen atoms in total. The molecule has 1 unspecified atom stereocenters. The van der Waals surface area contributed by atoms with Gasteiger partial charge in [-0.2, -0.15) is 13.2 Å². The molecule has 0 bridgehead atoms. The molecule has 1 atom stereocenters. The van der Waals surface area contributed by atoms with Gasteiger partial charge in [0, 0.05) is 18.0 Å². The number of rotatable bonds is 2. The fourth-order valence-electron chi connectivity index (χ4n) is 3.22. The SMILES string of the molecule is CNC1CCCc2sc(N3CCC(C(F)(F)F)CC3)nc21. The van der Waals surface area contributed by atoms with Crippen molar-refractivity contribution in [3.8, 4) is 0 Å². The number of fused-ring (bicyclic) bond motifs is 1. The Balaban J connectivity index is 1.70. The van der Waals surface area contributed by atoms with Gasteiger partial charge in [-0.1, -0.05) is 0 Å². The molecule has 7 heteroatoms. The Kier molecular flexibility index (Phi) is 4.14. The van der Waals surface area contributed by atoms with Gasteiger partial charge in [0.15, 0.2) is 5.13 Å². The fraction of sp³-hybridized carbons (Fsp3) is 0.786. The molecule has 1 saturated heterocycles. The molecular weight excluding hydrogens is 299 g/mol. The zero-order valence-corrected chi connectivity index (χ0v) is 12.9. The van der Waals surface area contributed by atoms with Crippen molar-refractivity contribution in [3.05, 3.63) is 10.6 Å². The second-order valence-corrected chi connectivity index (χ2v) is 6.90. The Bertz CT molecular complexity index is 492. The highest BCUT2D eigenvalue weighted by molar-refractivity contribution is 7.15. The van der Waals surface area contributed by atoms with Crippen molar-refractivity contribution in [2.45, 2.75) is 44.3 Å². The molecule has 0 saturated carbocycles. The zero-order valence-electron chi connectivity index (χ0n) is 12.0. The predicted octanol–water partition coefficient (Wildman–Crippen LogP) is 3.52. The number of aryl methyl sites for hydroxylation is 1. The van der Waals surface area contributed by atoms with Crippen LogP contribution >= 0.6 is 11.3 Å². The number of anilines is 1. The minimum absolute atomic E-state index is 0.184. The Morgan fingerprint density at radius 3 is 2.57 bits per heavy atom. The smallest absolute Gasteiger partial charge is 0.348 e. The molecule has 2 aliphatic rings. The first kappa shape index (κ1) is 15.1. The molecule has 1 fully saturated rings. The van der Waals surface area contributed by atoms with Crippen LogP contribution in [0, 0.1) is 5.92 Å². The van der Waals surface area contributed by atoms with Crippen molar-refractivity contribution in [2.24, 2.45) is 5.92 Å². The summed E-state index contributed by atoms with van der Waals surface area (Å²) in [6.45, 7) is 0.918. The van der Waals surface area contributed by atoms with E-state index < -0.39 is 12.1 Å². The van der Waals surface area contributed by atoms with Gasteiger partial charge < -0.3 is 10.2 Å². The van der Waals surface area contributed by atoms with E-state index in [2.05, 4.69) is 5.32 Å². The largest absolute Gasteiger partial charge is 0.391 e. The van der Waals surface area contributed by atoms with Gasteiger partial charge in [-0.25, -0.2) is 4.98 Å². The number of aromatic nitrogens is 1. The first-order chi connectivity index (χ1) is 9.99. The van der Waals surface area contributed by atoms with Gasteiger partial charge in [-0.15, -0.1) is 11.3 Å². The summed E-state index contributed by atoms with van der Waals surface area (Å²) in [5, 5.41) is 4.19. The van der Waals surface area contributed by atoms with Crippen LogP contribution in [-0.2, 0) is 6.42 Å². The Hall–Kier alpha value is -0.820. The second-order valence-electron chi connectivity index (χ2n) is 5.84. The lowest BCUT2D eigenvalue weighted by atomic mass is 9.96. The maximum absolute atomic E-state index is 12.7. The molecule has 0 radical (unpaired) electrons. The molecule has 1 aliphatic carbocycles. The normalized spacial score (nSPS) is 24.2. The standard InChI is InChI=1S/C14H20F3N3S/c1-18-10-3-2-4-11-12(10)19-13(21-11)20-7-5-9(6-8-20)14(15,16)17/h9-10,18H,2-8H2,1H3. The molecule has 0 spiro atoms. The number of hydrogen-bond acceptors (Lipinski definition) is 4. The van der Waals surface area contributed by atoms with E-state index in [1.165, 1.54) is 4.88 Å². The van der Waals surface area contributed by atoms with Gasteiger partial charge in [0.1, 0.15) is 0 Å². The van der Waals surface area contributed by atoms with Crippen LogP contribution in [0.4, 0.5) is 18.3 Å². The monoisotopic (exact) mass is 319 g/mol. The number of nitrogens with one attached hydrogen (secondary N) is 1. The first-order valence-electron chi connectivity index (χ1n) is 7.47. The van der Waals surface area contributed by atoms with E-state index in [1.807, 2.05) is 11.9 Å². The highest BCUT2D eigenvalue weighted by Gasteiger charge is 2.41. The quantitative estimate of drug-likeness (QED) is 0.904. The summed E-state index contributed by atoms with van der Waals surface area (Å²) >= 11 is 1.66. The van der Waals surface area contributed by atoms with Crippen LogP contribution in [0.15, 0.2) is 0 Å². The van der Waals surface area contributed by atoms with Crippen LogP contribution in [0.3, 0.4) is 0 Å². The highest BCUT2D eigenvalue weighted by Crippen LogP contribution is 2.39. The number of thiazole rings is 1. The van der Waals surface area contributed by atoms with Crippen LogP contribution in [0.2, 0.25) is 0 Å². The van der Waals surface area contributed by atoms with E-state index in [-0.39, 0.29) is 12.8 Å². The Morgan fingerprint density at radius 1 is 1.24 bits per heavy atom. The van der Waals surface area contributed by atoms with Crippen LogP contribution in [-0.4, -0.2) is 31.3 Å². The minimum atomic E-state index is -4.05. The summed E-state index contributed by atoms with van der Waals surface area (Å²) in [5.74, 6) is -1.15. The summed E-state index contributed by atoms with van der Waals surface area (Å²) in [5.41, 5.74) is 1.11. The Labute approximate surface area is 126 Å². The van der Waals surface area contributed by atoms with Crippen LogP contribution < -0.4 is 10.2 Å². The van der Waals surface area contributed by atoms with Crippen molar-refractivity contribution >= 4 is 16.5 Å². The lowest BCUT2D eigenvalue weighted by Gasteiger charge is -2.32. The summed E-state index contributed by atoms with van der Waals surface area (Å²) in [4.78, 5) is 8.04. The van der Waals surface area contributed by atoms with Gasteiger partial charge in [0.2, 0.25) is 0 Å². The molecule has 0 aromatic carbocycles. The zero-order chi connectivity index (χ0) is 15.0. The van der Waals surface area contributed by atoms with Crippen LogP contribution in [0.25, 0.3) is 0 Å². The van der Waals surface area contributed by atoms with E-state index in [1.54, 1.807) is 11.3 Å². The molecule has 21 heavy (non-hydrogen) atoms. The Morgan fingerprint density at radius 2 is 1.95 bits per heavy atom. The van der Waals surface area contributed by atoms with Crippen molar-refractivity contribution in [1.29, 1.82) is 0 Å². The van der Waals surface area contributed by atoms with E-state index in [9.17, 15) is 13.2 Å². The fourth-order valence-corrected chi connectivity index (χ4v) is 4.43. The maximum atomic E-state index is 12.7. The number of piperidine rings is 1. The van der Waals surface area contributed by atoms with Gasteiger partial charge >= 0.3 is 6.18 Å². The van der Waals surface area contributed by atoms with Crippen molar-refractivity contribution in [1.82, 2.24) is 10.3 Å². The molecule has 1 N–H and O–H groups in total. The number of hydrogen-bond donors (Lipinski definition) is 1. The first-order valence-corrected chi connectivity index (χ1v) is 8.29. The van der Waals surface area contributed by atoms with Gasteiger partial charge in [0.05, 0.1) is 17.7 Å². The predicted molar refractivity (Wildman–Crippen MR) is 77.8 cm³/mol. The second kappa shape index (κ2) is 5.76. The number of alkyl halides is 3. The topological polar surface area (TPSA) is 28.2 Å². The van der Waals surface area contributed by atoms with Gasteiger partial charge in [-0.3, -0.25) is 0 Å². The number of halogens is 3. The third kappa shape index (κ3) is 3.04. The van der Waals surface area contributed by atoms with Crippen LogP contribution in [0.1, 0.15) is 42.3 Å². The van der Waals surface area contributed by atoms with E-state index in [0.717, 1.165) is 30.1 Å². The summed E-state index contributed by atoms with van der Waals surface area (Å²) < 4.78 is 38.1. The van der Waals surface area contributed by atoms with Crippen molar-refractivity contribution in [2.75, 3.05) is 25.0 Å². The van der Waals surface area contributed by atoms with E-state index >= 15 is 0 Å². The molecular formula is C14H20F3N3S. The van der Waals surface area contributed by atoms with E-state index in [4.69, 9.17) is 4.98 Å². The molecule has 2 heterocycles. The average Bonchev–Trinajstić information content (AvgIpc) is 2.90. The molecule has 118 valence electrons. The summed E-state index contributed by atoms with van der Waals surface area (Å²) in [6, 6.07) is 0.298. The maximum Gasteiger partial charge on any atom is 0.391 e. The third-order valence-corrected chi connectivity index (χ3v) is 5.71. The summed E-state index contributed by atoms with van der Waals surface area (Å²) in [6.07, 6.45) is -0.402. The molecule has 1 aromatic heterocycles. The minimum Gasteiger partial charge on any atom is -0.348 e. The highest BCUT2D eigenvalue weighted by atomic mass is 32.1. The molecule has 1 aliphatic heterocycles. The molecule has 3 rings (SSSR count). The lowest BCUT2D eigenvalue weighted by molar-refractivity contribution is -0.179. The lowest BCUT2D eigenvalue weighted by Crippen LogP contribution is -2.39. The van der Waals surface area contributed by atoms with E-state index in [0.29, 0.717) is 19.1 Å². The van der Waals surface area contributed by atoms with Crippen molar-refractivity contribution in [3.63, 3.8) is 0 Å². The molecule has 0 amide bonds. The van der Waals surface area contributed by atoms with Gasteiger partial charge in [0.25, 0.3) is 0 Å². The third-order valence-electron chi connectivity index (χ3n) is 4.52. The summed E-state index contributed by atoms with van der Waals surface area (Å²) in [7, 11) is 1.94. The number of nitrogens with zero attached hydrogens (tertiary/aromatic N) is 2. The molecule has 1 aromatic rings. The average molecular weight is 319 g/mol. The van der Waals surface area contributed by atoms with Crippen LogP contribution in [0.5, 0.6) is 0 Å².